The van der Waals surface area contributed by atoms with Crippen LogP contribution in [0, 0.1) is 0 Å². The van der Waals surface area contributed by atoms with E-state index >= 15 is 0 Å². The summed E-state index contributed by atoms with van der Waals surface area (Å²) in [6.07, 6.45) is 0. The molecule has 4 heteroatoms. The summed E-state index contributed by atoms with van der Waals surface area (Å²) in [6.45, 7) is 4.69. The zero-order valence-corrected chi connectivity index (χ0v) is 26.8. The van der Waals surface area contributed by atoms with Gasteiger partial charge in [-0.3, -0.25) is 4.90 Å². The van der Waals surface area contributed by atoms with Crippen molar-refractivity contribution in [3.63, 3.8) is 0 Å². The predicted molar refractivity (Wildman–Crippen MR) is 200 cm³/mol. The molecule has 0 radical (unpaired) electrons. The monoisotopic (exact) mass is 619 g/mol. The maximum absolute atomic E-state index is 5.50. The van der Waals surface area contributed by atoms with Crippen LogP contribution in [0.15, 0.2) is 140 Å². The summed E-state index contributed by atoms with van der Waals surface area (Å²) in [4.78, 5) is 13.4. The maximum atomic E-state index is 5.50. The van der Waals surface area contributed by atoms with E-state index < -0.39 is 5.54 Å². The predicted octanol–water partition coefficient (Wildman–Crippen LogP) is 12.0. The molecule has 0 aliphatic carbocycles. The average molecular weight is 620 g/mol. The van der Waals surface area contributed by atoms with E-state index in [1.54, 1.807) is 0 Å². The minimum Gasteiger partial charge on any atom is -0.299 e. The Hall–Kier alpha value is -5.58. The van der Waals surface area contributed by atoms with E-state index in [1.807, 2.05) is 11.3 Å². The number of benzene rings is 7. The van der Waals surface area contributed by atoms with Gasteiger partial charge in [-0.05, 0) is 58.7 Å². The number of anilines is 2. The molecule has 7 aromatic carbocycles. The first-order valence-electron chi connectivity index (χ1n) is 16.1. The third-order valence-electron chi connectivity index (χ3n) is 9.94. The smallest absolute Gasteiger partial charge is 0.231 e. The Morgan fingerprint density at radius 3 is 2.06 bits per heavy atom. The second kappa shape index (κ2) is 9.71. The van der Waals surface area contributed by atoms with Gasteiger partial charge in [-0.25, -0.2) is 9.97 Å². The fourth-order valence-electron chi connectivity index (χ4n) is 7.99. The highest BCUT2D eigenvalue weighted by molar-refractivity contribution is 7.26. The van der Waals surface area contributed by atoms with Gasteiger partial charge < -0.3 is 0 Å². The number of thiophene rings is 1. The number of hydrogen-bond acceptors (Lipinski definition) is 4. The SMILES string of the molecule is CC1(C)c2c(ccc3ccccc23)-c2c(c3sc4ccccc4c3c3ccccc23)N1c1nc(-c2ccccc2)c2ccccc2n1. The molecular formula is C43H29N3S. The molecule has 0 saturated carbocycles. The lowest BCUT2D eigenvalue weighted by molar-refractivity contribution is 0.529. The highest BCUT2D eigenvalue weighted by atomic mass is 32.1. The number of aromatic nitrogens is 2. The van der Waals surface area contributed by atoms with E-state index in [2.05, 4.69) is 158 Å². The molecule has 0 N–H and O–H groups in total. The Kier molecular flexibility index (Phi) is 5.50. The molecule has 0 atom stereocenters. The van der Waals surface area contributed by atoms with Gasteiger partial charge in [-0.1, -0.05) is 127 Å². The number of rotatable bonds is 2. The molecular weight excluding hydrogens is 591 g/mol. The van der Waals surface area contributed by atoms with Gasteiger partial charge in [0.15, 0.2) is 0 Å². The molecule has 10 rings (SSSR count). The van der Waals surface area contributed by atoms with Crippen LogP contribution in [0.5, 0.6) is 0 Å². The Balaban J connectivity index is 1.43. The lowest BCUT2D eigenvalue weighted by Gasteiger charge is -2.46. The van der Waals surface area contributed by atoms with Gasteiger partial charge in [-0.2, -0.15) is 0 Å². The molecule has 3 heterocycles. The minimum absolute atomic E-state index is 0.495. The third kappa shape index (κ3) is 3.67. The van der Waals surface area contributed by atoms with Gasteiger partial charge in [0.05, 0.1) is 27.1 Å². The summed E-state index contributed by atoms with van der Waals surface area (Å²) >= 11 is 1.88. The van der Waals surface area contributed by atoms with E-state index in [9.17, 15) is 0 Å². The number of para-hydroxylation sites is 1. The summed E-state index contributed by atoms with van der Waals surface area (Å²) in [5.41, 5.74) is 7.47. The highest BCUT2D eigenvalue weighted by Crippen LogP contribution is 2.59. The first-order chi connectivity index (χ1) is 23.1. The lowest BCUT2D eigenvalue weighted by atomic mass is 9.76. The van der Waals surface area contributed by atoms with Crippen molar-refractivity contribution in [1.29, 1.82) is 0 Å². The summed E-state index contributed by atoms with van der Waals surface area (Å²) < 4.78 is 2.55. The molecule has 0 unspecified atom stereocenters. The number of nitrogens with zero attached hydrogens (tertiary/aromatic N) is 3. The van der Waals surface area contributed by atoms with Crippen LogP contribution in [0.2, 0.25) is 0 Å². The summed E-state index contributed by atoms with van der Waals surface area (Å²) in [6, 6.07) is 50.1. The third-order valence-corrected chi connectivity index (χ3v) is 11.1. The lowest BCUT2D eigenvalue weighted by Crippen LogP contribution is -2.42. The quantitative estimate of drug-likeness (QED) is 0.193. The fraction of sp³-hybridized carbons (Fsp3) is 0.0698. The molecule has 0 spiro atoms. The molecule has 2 aromatic heterocycles. The molecule has 47 heavy (non-hydrogen) atoms. The van der Waals surface area contributed by atoms with Crippen LogP contribution in [0.1, 0.15) is 19.4 Å². The van der Waals surface area contributed by atoms with Crippen LogP contribution in [-0.4, -0.2) is 9.97 Å². The number of fused-ring (bicyclic) bond motifs is 13. The average Bonchev–Trinajstić information content (AvgIpc) is 3.51. The molecule has 1 aliphatic rings. The van der Waals surface area contributed by atoms with Gasteiger partial charge in [0.1, 0.15) is 0 Å². The zero-order valence-electron chi connectivity index (χ0n) is 26.0. The van der Waals surface area contributed by atoms with Crippen molar-refractivity contribution in [3.8, 4) is 22.4 Å². The Morgan fingerprint density at radius 1 is 0.574 bits per heavy atom. The largest absolute Gasteiger partial charge is 0.299 e. The van der Waals surface area contributed by atoms with Crippen molar-refractivity contribution in [2.75, 3.05) is 4.90 Å². The van der Waals surface area contributed by atoms with Crippen LogP contribution in [0.25, 0.3) is 75.0 Å². The molecule has 0 amide bonds. The minimum atomic E-state index is -0.495. The van der Waals surface area contributed by atoms with Crippen molar-refractivity contribution < 1.29 is 0 Å². The van der Waals surface area contributed by atoms with E-state index in [0.717, 1.165) is 22.2 Å². The van der Waals surface area contributed by atoms with Gasteiger partial charge in [0.2, 0.25) is 5.95 Å². The topological polar surface area (TPSA) is 29.0 Å². The molecule has 0 bridgehead atoms. The van der Waals surface area contributed by atoms with Crippen molar-refractivity contribution in [3.05, 3.63) is 145 Å². The van der Waals surface area contributed by atoms with Crippen molar-refractivity contribution >= 4 is 75.6 Å². The molecule has 3 nitrogen and oxygen atoms in total. The van der Waals surface area contributed by atoms with Gasteiger partial charge in [0.25, 0.3) is 0 Å². The standard InChI is InChI=1S/C43H29N3S/c1-43(2)38-28-17-7-6-14-26(28)24-25-33(38)36-29-18-8-9-19-30(29)37-32-21-11-13-23-35(32)47-41(37)40(36)46(43)42-44-34-22-12-10-20-31(34)39(45-42)27-15-4-3-5-16-27/h3-25H,1-2H3. The Labute approximate surface area is 276 Å². The second-order valence-electron chi connectivity index (χ2n) is 12.9. The van der Waals surface area contributed by atoms with Gasteiger partial charge >= 0.3 is 0 Å². The van der Waals surface area contributed by atoms with Crippen molar-refractivity contribution in [1.82, 2.24) is 9.97 Å². The number of hydrogen-bond donors (Lipinski definition) is 0. The second-order valence-corrected chi connectivity index (χ2v) is 14.0. The van der Waals surface area contributed by atoms with E-state index in [-0.39, 0.29) is 0 Å². The van der Waals surface area contributed by atoms with Gasteiger partial charge in [-0.15, -0.1) is 11.3 Å². The highest BCUT2D eigenvalue weighted by Gasteiger charge is 2.43. The van der Waals surface area contributed by atoms with E-state index in [4.69, 9.17) is 9.97 Å². The van der Waals surface area contributed by atoms with Crippen LogP contribution in [-0.2, 0) is 5.54 Å². The summed E-state index contributed by atoms with van der Waals surface area (Å²) in [7, 11) is 0. The normalized spacial score (nSPS) is 13.9. The maximum Gasteiger partial charge on any atom is 0.231 e. The van der Waals surface area contributed by atoms with E-state index in [1.165, 1.54) is 64.1 Å². The Bertz CT molecular complexity index is 2720. The molecule has 9 aromatic rings. The van der Waals surface area contributed by atoms with Crippen LogP contribution in [0.3, 0.4) is 0 Å². The van der Waals surface area contributed by atoms with Crippen molar-refractivity contribution in [2.45, 2.75) is 19.4 Å². The summed E-state index contributed by atoms with van der Waals surface area (Å²) in [5, 5.41) is 8.66. The Morgan fingerprint density at radius 2 is 1.23 bits per heavy atom. The zero-order chi connectivity index (χ0) is 31.3. The fourth-order valence-corrected chi connectivity index (χ4v) is 9.25. The van der Waals surface area contributed by atoms with E-state index in [0.29, 0.717) is 5.95 Å². The van der Waals surface area contributed by atoms with Crippen molar-refractivity contribution in [2.24, 2.45) is 0 Å². The molecule has 0 fully saturated rings. The first kappa shape index (κ1) is 26.6. The van der Waals surface area contributed by atoms with Gasteiger partial charge in [0, 0.05) is 32.0 Å². The molecule has 222 valence electrons. The van der Waals surface area contributed by atoms with Crippen LogP contribution < -0.4 is 4.90 Å². The van der Waals surface area contributed by atoms with Crippen LogP contribution in [0.4, 0.5) is 11.6 Å². The summed E-state index contributed by atoms with van der Waals surface area (Å²) in [5.74, 6) is 0.710. The first-order valence-corrected chi connectivity index (χ1v) is 16.9. The van der Waals surface area contributed by atoms with Crippen LogP contribution >= 0.6 is 11.3 Å². The molecule has 0 saturated heterocycles. The molecule has 1 aliphatic heterocycles.